The zero-order valence-corrected chi connectivity index (χ0v) is 28.8. The number of hydrogen-bond acceptors (Lipinski definition) is 5. The second-order valence-corrected chi connectivity index (χ2v) is 17.4. The summed E-state index contributed by atoms with van der Waals surface area (Å²) in [6.45, 7) is 9.93. The second kappa shape index (κ2) is 13.2. The molecular weight excluding hydrogens is 634 g/mol. The summed E-state index contributed by atoms with van der Waals surface area (Å²) in [4.78, 5) is 16.0. The Hall–Kier alpha value is -3.59. The number of benzene rings is 4. The number of halogens is 1. The molecule has 0 bridgehead atoms. The Morgan fingerprint density at radius 3 is 1.95 bits per heavy atom. The molecule has 1 aliphatic rings. The van der Waals surface area contributed by atoms with Gasteiger partial charge in [0, 0.05) is 12.6 Å². The first kappa shape index (κ1) is 31.8. The number of carbonyl (C=O) groups excluding carboxylic acids is 1. The predicted molar refractivity (Wildman–Crippen MR) is 181 cm³/mol. The van der Waals surface area contributed by atoms with Crippen molar-refractivity contribution in [2.75, 3.05) is 20.8 Å². The molecule has 0 fully saturated rings. The van der Waals surface area contributed by atoms with Gasteiger partial charge in [-0.25, -0.2) is 0 Å². The average molecular weight is 675 g/mol. The molecule has 6 nitrogen and oxygen atoms in total. The molecule has 5 rings (SSSR count). The number of ether oxygens (including phenoxy) is 3. The van der Waals surface area contributed by atoms with Crippen molar-refractivity contribution in [1.82, 2.24) is 4.90 Å². The number of hydrogen-bond donors (Lipinski definition) is 0. The second-order valence-electron chi connectivity index (χ2n) is 12.2. The molecule has 0 saturated heterocycles. The summed E-state index contributed by atoms with van der Waals surface area (Å²) in [5.74, 6) is 1.82. The van der Waals surface area contributed by atoms with Crippen molar-refractivity contribution in [3.8, 4) is 17.2 Å². The van der Waals surface area contributed by atoms with E-state index in [4.69, 9.17) is 18.6 Å². The van der Waals surface area contributed by atoms with Gasteiger partial charge in [-0.15, -0.1) is 0 Å². The van der Waals surface area contributed by atoms with Gasteiger partial charge in [0.05, 0.1) is 37.4 Å². The van der Waals surface area contributed by atoms with E-state index in [2.05, 4.69) is 85.2 Å². The van der Waals surface area contributed by atoms with Crippen LogP contribution in [-0.4, -0.2) is 46.0 Å². The Morgan fingerprint density at radius 1 is 0.864 bits per heavy atom. The maximum Gasteiger partial charge on any atom is 0.261 e. The van der Waals surface area contributed by atoms with E-state index in [0.717, 1.165) is 15.6 Å². The van der Waals surface area contributed by atoms with Crippen LogP contribution in [0.15, 0.2) is 95.5 Å². The van der Waals surface area contributed by atoms with Crippen molar-refractivity contribution in [2.45, 2.75) is 52.0 Å². The summed E-state index contributed by atoms with van der Waals surface area (Å²) in [5, 5.41) is 2.25. The summed E-state index contributed by atoms with van der Waals surface area (Å²) in [5.41, 5.74) is 2.33. The Bertz CT molecular complexity index is 1540. The third kappa shape index (κ3) is 6.43. The average Bonchev–Trinajstić information content (AvgIpc) is 3.13. The third-order valence-electron chi connectivity index (χ3n) is 8.07. The van der Waals surface area contributed by atoms with E-state index in [-0.39, 0.29) is 17.0 Å². The largest absolute Gasteiger partial charge is 0.497 e. The summed E-state index contributed by atoms with van der Waals surface area (Å²) in [6, 6.07) is 30.8. The van der Waals surface area contributed by atoms with Crippen LogP contribution in [0, 0.1) is 0 Å². The summed E-state index contributed by atoms with van der Waals surface area (Å²) in [6.07, 6.45) is -0.205. The van der Waals surface area contributed by atoms with Crippen LogP contribution in [0.25, 0.3) is 0 Å². The Labute approximate surface area is 270 Å². The molecule has 1 amide bonds. The molecule has 4 aromatic rings. The molecule has 44 heavy (non-hydrogen) atoms. The van der Waals surface area contributed by atoms with Gasteiger partial charge >= 0.3 is 0 Å². The molecule has 0 N–H and O–H groups in total. The van der Waals surface area contributed by atoms with Crippen molar-refractivity contribution in [1.29, 1.82) is 0 Å². The van der Waals surface area contributed by atoms with Crippen LogP contribution in [0.2, 0.25) is 5.04 Å². The molecule has 1 atom stereocenters. The highest BCUT2D eigenvalue weighted by molar-refractivity contribution is 9.10. The number of nitrogens with zero attached hydrogens (tertiary/aromatic N) is 1. The minimum Gasteiger partial charge on any atom is -0.497 e. The van der Waals surface area contributed by atoms with E-state index in [0.29, 0.717) is 42.5 Å². The van der Waals surface area contributed by atoms with Gasteiger partial charge in [-0.05, 0) is 73.7 Å². The van der Waals surface area contributed by atoms with E-state index in [1.807, 2.05) is 54.3 Å². The summed E-state index contributed by atoms with van der Waals surface area (Å²) < 4.78 is 25.2. The molecule has 8 heteroatoms. The molecule has 0 saturated carbocycles. The van der Waals surface area contributed by atoms with Gasteiger partial charge in [-0.1, -0.05) is 81.4 Å². The van der Waals surface area contributed by atoms with Gasteiger partial charge in [0.15, 0.2) is 0 Å². The molecule has 0 radical (unpaired) electrons. The first-order valence-electron chi connectivity index (χ1n) is 14.8. The quantitative estimate of drug-likeness (QED) is 0.180. The van der Waals surface area contributed by atoms with Crippen LogP contribution in [0.1, 0.15) is 49.2 Å². The molecule has 4 aromatic carbocycles. The fourth-order valence-corrected chi connectivity index (χ4v) is 11.2. The smallest absolute Gasteiger partial charge is 0.261 e. The predicted octanol–water partition coefficient (Wildman–Crippen LogP) is 6.97. The number of rotatable bonds is 9. The maximum atomic E-state index is 14.1. The zero-order chi connectivity index (χ0) is 31.5. The summed E-state index contributed by atoms with van der Waals surface area (Å²) >= 11 is 3.72. The number of amides is 1. The Morgan fingerprint density at radius 2 is 1.43 bits per heavy atom. The first-order chi connectivity index (χ1) is 21.1. The van der Waals surface area contributed by atoms with Gasteiger partial charge < -0.3 is 23.5 Å². The Kier molecular flexibility index (Phi) is 9.53. The molecule has 1 heterocycles. The van der Waals surface area contributed by atoms with E-state index >= 15 is 0 Å². The number of fused-ring (bicyclic) bond motifs is 1. The lowest BCUT2D eigenvalue weighted by Crippen LogP contribution is -2.66. The van der Waals surface area contributed by atoms with Crippen LogP contribution >= 0.6 is 15.9 Å². The van der Waals surface area contributed by atoms with Crippen molar-refractivity contribution in [3.63, 3.8) is 0 Å². The SMILES string of the molecule is COc1cc(CN2CC(C)Oc3c(Br)cc(CO[Si](c4ccccc4)(c4ccccc4)C(C)(C)C)cc3C2=O)cc(OC)c1. The standard InChI is InChI=1S/C36H40BrNO5Si/c1-25-22-38(23-26-17-28(40-5)21-29(18-26)41-6)35(39)32-19-27(20-33(37)34(32)43-25)24-42-44(36(2,3)4,30-13-9-7-10-14-30)31-15-11-8-12-16-31/h7-21,25H,22-24H2,1-6H3. The first-order valence-corrected chi connectivity index (χ1v) is 17.5. The van der Waals surface area contributed by atoms with E-state index in [1.165, 1.54) is 10.4 Å². The highest BCUT2D eigenvalue weighted by Gasteiger charge is 2.50. The van der Waals surface area contributed by atoms with Gasteiger partial charge in [-0.2, -0.15) is 0 Å². The van der Waals surface area contributed by atoms with Crippen molar-refractivity contribution in [3.05, 3.63) is 112 Å². The Balaban J connectivity index is 1.51. The molecule has 0 spiro atoms. The van der Waals surface area contributed by atoms with Crippen LogP contribution in [-0.2, 0) is 17.6 Å². The lowest BCUT2D eigenvalue weighted by molar-refractivity contribution is 0.0706. The minimum absolute atomic E-state index is 0.0980. The highest BCUT2D eigenvalue weighted by Crippen LogP contribution is 2.39. The van der Waals surface area contributed by atoms with Crippen LogP contribution in [0.5, 0.6) is 17.2 Å². The lowest BCUT2D eigenvalue weighted by atomic mass is 10.1. The van der Waals surface area contributed by atoms with Gasteiger partial charge in [0.25, 0.3) is 14.2 Å². The van der Waals surface area contributed by atoms with Crippen molar-refractivity contribution >= 4 is 40.5 Å². The zero-order valence-electron chi connectivity index (χ0n) is 26.2. The lowest BCUT2D eigenvalue weighted by Gasteiger charge is -2.43. The number of methoxy groups -OCH3 is 2. The fraction of sp³-hybridized carbons (Fsp3) is 0.306. The van der Waals surface area contributed by atoms with Gasteiger partial charge in [0.2, 0.25) is 0 Å². The minimum atomic E-state index is -2.77. The van der Waals surface area contributed by atoms with E-state index in [9.17, 15) is 4.79 Å². The number of carbonyl (C=O) groups is 1. The molecular formula is C36H40BrNO5Si. The van der Waals surface area contributed by atoms with E-state index in [1.54, 1.807) is 14.2 Å². The van der Waals surface area contributed by atoms with Gasteiger partial charge in [0.1, 0.15) is 23.4 Å². The third-order valence-corrected chi connectivity index (χ3v) is 13.6. The molecule has 1 aliphatic heterocycles. The van der Waals surface area contributed by atoms with E-state index < -0.39 is 8.32 Å². The van der Waals surface area contributed by atoms with Crippen molar-refractivity contribution in [2.24, 2.45) is 0 Å². The maximum absolute atomic E-state index is 14.1. The monoisotopic (exact) mass is 673 g/mol. The molecule has 1 unspecified atom stereocenters. The van der Waals surface area contributed by atoms with Gasteiger partial charge in [-0.3, -0.25) is 4.79 Å². The fourth-order valence-electron chi connectivity index (χ4n) is 6.08. The highest BCUT2D eigenvalue weighted by atomic mass is 79.9. The molecule has 230 valence electrons. The molecule has 0 aromatic heterocycles. The topological polar surface area (TPSA) is 57.2 Å². The summed E-state index contributed by atoms with van der Waals surface area (Å²) in [7, 11) is 0.470. The van der Waals surface area contributed by atoms with Crippen LogP contribution in [0.4, 0.5) is 0 Å². The normalized spacial score (nSPS) is 15.3. The van der Waals surface area contributed by atoms with Crippen LogP contribution < -0.4 is 24.6 Å². The van der Waals surface area contributed by atoms with Crippen molar-refractivity contribution < 1.29 is 23.4 Å². The van der Waals surface area contributed by atoms with Crippen LogP contribution in [0.3, 0.4) is 0 Å². The molecule has 0 aliphatic carbocycles.